The number of nitrogens with zero attached hydrogens (tertiary/aromatic N) is 4. The fourth-order valence-electron chi connectivity index (χ4n) is 3.14. The molecule has 0 spiro atoms. The number of likely N-dealkylation sites (N-methyl/N-ethyl adjacent to an activating group) is 1. The summed E-state index contributed by atoms with van der Waals surface area (Å²) < 4.78 is 7.34. The van der Waals surface area contributed by atoms with Crippen LogP contribution in [-0.4, -0.2) is 70.9 Å². The molecule has 7 nitrogen and oxygen atoms in total. The van der Waals surface area contributed by atoms with Crippen molar-refractivity contribution in [3.05, 3.63) is 12.3 Å². The summed E-state index contributed by atoms with van der Waals surface area (Å²) in [4.78, 5) is 16.5. The van der Waals surface area contributed by atoms with Gasteiger partial charge in [-0.15, -0.1) is 0 Å². The van der Waals surface area contributed by atoms with Crippen LogP contribution in [0.25, 0.3) is 0 Å². The summed E-state index contributed by atoms with van der Waals surface area (Å²) in [6, 6.07) is 2.50. The number of carbonyl (C=O) groups excluding carboxylic acids is 1. The molecule has 3 rings (SSSR count). The Balaban J connectivity index is 1.62. The van der Waals surface area contributed by atoms with E-state index in [1.54, 1.807) is 13.2 Å². The zero-order chi connectivity index (χ0) is 15.7. The second kappa shape index (κ2) is 6.26. The van der Waals surface area contributed by atoms with E-state index in [0.29, 0.717) is 18.4 Å². The standard InChI is InChI=1S/C15H25N5O2/c1-18(11-3-4-11)15(21)10-19-9-13(22-2)7-12(19)8-20-6-5-14(16)17-20/h5-6,11-13H,3-4,7-10H2,1-2H3,(H2,16,17)/t12-,13+/m0/s1. The Kier molecular flexibility index (Phi) is 4.35. The van der Waals surface area contributed by atoms with Crippen molar-refractivity contribution in [2.24, 2.45) is 0 Å². The zero-order valence-corrected chi connectivity index (χ0v) is 13.3. The molecule has 122 valence electrons. The Morgan fingerprint density at radius 2 is 2.32 bits per heavy atom. The lowest BCUT2D eigenvalue weighted by Gasteiger charge is -2.26. The predicted octanol–water partition coefficient (Wildman–Crippen LogP) is 0.175. The highest BCUT2D eigenvalue weighted by molar-refractivity contribution is 5.78. The number of anilines is 1. The van der Waals surface area contributed by atoms with E-state index in [2.05, 4.69) is 10.00 Å². The van der Waals surface area contributed by atoms with Crippen LogP contribution in [0.1, 0.15) is 19.3 Å². The van der Waals surface area contributed by atoms with Crippen molar-refractivity contribution in [1.82, 2.24) is 19.6 Å². The summed E-state index contributed by atoms with van der Waals surface area (Å²) in [6.45, 7) is 1.98. The first-order chi connectivity index (χ1) is 10.6. The number of likely N-dealkylation sites (tertiary alicyclic amines) is 1. The SMILES string of the molecule is CO[C@@H]1C[C@@H](Cn2ccc(N)n2)N(CC(=O)N(C)C2CC2)C1. The van der Waals surface area contributed by atoms with Crippen LogP contribution < -0.4 is 5.73 Å². The lowest BCUT2D eigenvalue weighted by atomic mass is 10.2. The molecule has 0 aromatic carbocycles. The van der Waals surface area contributed by atoms with Crippen molar-refractivity contribution < 1.29 is 9.53 Å². The van der Waals surface area contributed by atoms with Gasteiger partial charge in [-0.25, -0.2) is 0 Å². The van der Waals surface area contributed by atoms with Crippen LogP contribution in [-0.2, 0) is 16.1 Å². The van der Waals surface area contributed by atoms with Crippen molar-refractivity contribution in [2.45, 2.75) is 44.0 Å². The van der Waals surface area contributed by atoms with Crippen LogP contribution >= 0.6 is 0 Å². The van der Waals surface area contributed by atoms with E-state index in [-0.39, 0.29) is 18.1 Å². The molecule has 1 aliphatic carbocycles. The van der Waals surface area contributed by atoms with Crippen LogP contribution in [0.15, 0.2) is 12.3 Å². The van der Waals surface area contributed by atoms with Crippen LogP contribution in [0.3, 0.4) is 0 Å². The molecule has 1 saturated carbocycles. The van der Waals surface area contributed by atoms with E-state index >= 15 is 0 Å². The van der Waals surface area contributed by atoms with Crippen LogP contribution in [0.4, 0.5) is 5.82 Å². The summed E-state index contributed by atoms with van der Waals surface area (Å²) in [6.07, 6.45) is 5.25. The summed E-state index contributed by atoms with van der Waals surface area (Å²) in [5.74, 6) is 0.724. The number of hydrogen-bond donors (Lipinski definition) is 1. The lowest BCUT2D eigenvalue weighted by molar-refractivity contribution is -0.132. The predicted molar refractivity (Wildman–Crippen MR) is 83.2 cm³/mol. The third kappa shape index (κ3) is 3.41. The van der Waals surface area contributed by atoms with Crippen LogP contribution in [0, 0.1) is 0 Å². The molecule has 1 aromatic rings. The molecule has 1 amide bonds. The Morgan fingerprint density at radius 3 is 2.91 bits per heavy atom. The smallest absolute Gasteiger partial charge is 0.236 e. The number of carbonyl (C=O) groups is 1. The van der Waals surface area contributed by atoms with E-state index in [0.717, 1.165) is 32.4 Å². The largest absolute Gasteiger partial charge is 0.382 e. The van der Waals surface area contributed by atoms with Gasteiger partial charge < -0.3 is 15.4 Å². The number of aromatic nitrogens is 2. The molecule has 22 heavy (non-hydrogen) atoms. The maximum absolute atomic E-state index is 12.4. The molecular formula is C15H25N5O2. The average Bonchev–Trinajstić information content (AvgIpc) is 3.17. The minimum absolute atomic E-state index is 0.178. The highest BCUT2D eigenvalue weighted by Gasteiger charge is 2.36. The maximum atomic E-state index is 12.4. The summed E-state index contributed by atoms with van der Waals surface area (Å²) in [7, 11) is 3.64. The van der Waals surface area contributed by atoms with Gasteiger partial charge in [0, 0.05) is 39.0 Å². The van der Waals surface area contributed by atoms with Gasteiger partial charge in [-0.3, -0.25) is 14.4 Å². The molecule has 7 heteroatoms. The number of nitrogens with two attached hydrogens (primary N) is 1. The fraction of sp³-hybridized carbons (Fsp3) is 0.733. The maximum Gasteiger partial charge on any atom is 0.236 e. The van der Waals surface area contributed by atoms with Gasteiger partial charge in [-0.1, -0.05) is 0 Å². The Bertz CT molecular complexity index is 528. The molecule has 0 radical (unpaired) electrons. The highest BCUT2D eigenvalue weighted by atomic mass is 16.5. The van der Waals surface area contributed by atoms with E-state index in [1.807, 2.05) is 22.8 Å². The minimum atomic E-state index is 0.178. The normalized spacial score (nSPS) is 25.5. The first-order valence-electron chi connectivity index (χ1n) is 7.88. The van der Waals surface area contributed by atoms with Gasteiger partial charge >= 0.3 is 0 Å². The Hall–Kier alpha value is -1.60. The molecule has 2 fully saturated rings. The first-order valence-corrected chi connectivity index (χ1v) is 7.88. The Labute approximate surface area is 131 Å². The number of amides is 1. The van der Waals surface area contributed by atoms with E-state index in [9.17, 15) is 4.79 Å². The molecule has 2 atom stereocenters. The van der Waals surface area contributed by atoms with Crippen molar-refractivity contribution in [3.8, 4) is 0 Å². The number of nitrogen functional groups attached to an aromatic ring is 1. The summed E-state index contributed by atoms with van der Waals surface area (Å²) in [5, 5.41) is 4.24. The summed E-state index contributed by atoms with van der Waals surface area (Å²) in [5.41, 5.74) is 5.67. The molecule has 2 N–H and O–H groups in total. The van der Waals surface area contributed by atoms with Crippen molar-refractivity contribution in [1.29, 1.82) is 0 Å². The van der Waals surface area contributed by atoms with Crippen LogP contribution in [0.5, 0.6) is 0 Å². The van der Waals surface area contributed by atoms with E-state index < -0.39 is 0 Å². The molecule has 1 aliphatic heterocycles. The minimum Gasteiger partial charge on any atom is -0.382 e. The third-order valence-corrected chi connectivity index (χ3v) is 4.71. The number of ether oxygens (including phenoxy) is 1. The first kappa shape index (κ1) is 15.3. The molecule has 0 bridgehead atoms. The number of hydrogen-bond acceptors (Lipinski definition) is 5. The summed E-state index contributed by atoms with van der Waals surface area (Å²) >= 11 is 0. The second-order valence-electron chi connectivity index (χ2n) is 6.38. The van der Waals surface area contributed by atoms with Gasteiger partial charge in [-0.2, -0.15) is 5.10 Å². The van der Waals surface area contributed by atoms with Crippen LogP contribution in [0.2, 0.25) is 0 Å². The zero-order valence-electron chi connectivity index (χ0n) is 13.3. The van der Waals surface area contributed by atoms with Crippen molar-refractivity contribution in [3.63, 3.8) is 0 Å². The van der Waals surface area contributed by atoms with Gasteiger partial charge in [0.2, 0.25) is 5.91 Å². The van der Waals surface area contributed by atoms with Gasteiger partial charge in [0.1, 0.15) is 5.82 Å². The van der Waals surface area contributed by atoms with Gasteiger partial charge in [0.25, 0.3) is 0 Å². The monoisotopic (exact) mass is 307 g/mol. The quantitative estimate of drug-likeness (QED) is 0.811. The van der Waals surface area contributed by atoms with Crippen molar-refractivity contribution >= 4 is 11.7 Å². The van der Waals surface area contributed by atoms with Gasteiger partial charge in [0.15, 0.2) is 0 Å². The lowest BCUT2D eigenvalue weighted by Crippen LogP contribution is -2.43. The molecule has 1 aromatic heterocycles. The number of methoxy groups -OCH3 is 1. The molecule has 2 aliphatic rings. The van der Waals surface area contributed by atoms with Gasteiger partial charge in [0.05, 0.1) is 19.2 Å². The van der Waals surface area contributed by atoms with E-state index in [1.165, 1.54) is 0 Å². The average molecular weight is 307 g/mol. The molecular weight excluding hydrogens is 282 g/mol. The van der Waals surface area contributed by atoms with E-state index in [4.69, 9.17) is 10.5 Å². The van der Waals surface area contributed by atoms with Gasteiger partial charge in [-0.05, 0) is 25.3 Å². The fourth-order valence-corrected chi connectivity index (χ4v) is 3.14. The Morgan fingerprint density at radius 1 is 1.55 bits per heavy atom. The van der Waals surface area contributed by atoms with Crippen molar-refractivity contribution in [2.75, 3.05) is 33.0 Å². The third-order valence-electron chi connectivity index (χ3n) is 4.71. The second-order valence-corrected chi connectivity index (χ2v) is 6.38. The topological polar surface area (TPSA) is 76.6 Å². The number of rotatable bonds is 6. The molecule has 1 saturated heterocycles. The molecule has 2 heterocycles. The molecule has 0 unspecified atom stereocenters. The highest BCUT2D eigenvalue weighted by Crippen LogP contribution is 2.26.